The monoisotopic (exact) mass is 770 g/mol. The van der Waals surface area contributed by atoms with Gasteiger partial charge in [-0.1, -0.05) is 0 Å². The van der Waals surface area contributed by atoms with Gasteiger partial charge >= 0.3 is 53.3 Å². The zero-order chi connectivity index (χ0) is 37.6. The highest BCUT2D eigenvalue weighted by molar-refractivity contribution is 6.61. The van der Waals surface area contributed by atoms with Gasteiger partial charge in [-0.3, -0.25) is 0 Å². The minimum atomic E-state index is -7.75. The predicted molar refractivity (Wildman–Crippen MR) is 151 cm³/mol. The van der Waals surface area contributed by atoms with Gasteiger partial charge in [0.15, 0.2) is 0 Å². The Labute approximate surface area is 274 Å². The standard InChI is InChI=1S/C26H46F12O8Si2/c1-7-41-47(42-8-2,43-9-3)19-13-16-39-18-15-21(27,28)22(29,30)23(31,32)24(33,34)25(35,36)26(37,38)40-17-14-20-48(44-10-4,45-11-5)46-12-6/h7-20H2,1-6H3. The average molecular weight is 771 g/mol. The fourth-order valence-corrected chi connectivity index (χ4v) is 9.40. The van der Waals surface area contributed by atoms with Crippen LogP contribution in [0.3, 0.4) is 0 Å². The molecule has 0 rings (SSSR count). The van der Waals surface area contributed by atoms with Crippen LogP contribution >= 0.6 is 0 Å². The van der Waals surface area contributed by atoms with E-state index in [1.54, 1.807) is 20.8 Å². The second kappa shape index (κ2) is 19.8. The van der Waals surface area contributed by atoms with Gasteiger partial charge in [0.05, 0.1) is 13.2 Å². The molecule has 48 heavy (non-hydrogen) atoms. The lowest BCUT2D eigenvalue weighted by Gasteiger charge is -2.41. The molecule has 0 saturated carbocycles. The van der Waals surface area contributed by atoms with Crippen molar-refractivity contribution in [1.29, 1.82) is 0 Å². The fraction of sp³-hybridized carbons (Fsp3) is 1.00. The normalized spacial score (nSPS) is 14.6. The molecule has 0 bridgehead atoms. The Kier molecular flexibility index (Phi) is 19.5. The molecule has 0 spiro atoms. The third kappa shape index (κ3) is 11.4. The van der Waals surface area contributed by atoms with Crippen LogP contribution in [0.4, 0.5) is 52.7 Å². The third-order valence-corrected chi connectivity index (χ3v) is 12.7. The third-order valence-electron chi connectivity index (χ3n) is 6.44. The molecular formula is C26H46F12O8Si2. The van der Waals surface area contributed by atoms with Crippen molar-refractivity contribution in [2.24, 2.45) is 0 Å². The first-order valence-electron chi connectivity index (χ1n) is 15.3. The summed E-state index contributed by atoms with van der Waals surface area (Å²) in [6.07, 6.45) is -9.58. The molecule has 0 aliphatic heterocycles. The van der Waals surface area contributed by atoms with E-state index in [9.17, 15) is 52.7 Å². The summed E-state index contributed by atoms with van der Waals surface area (Å²) in [6.45, 7) is 6.65. The Morgan fingerprint density at radius 1 is 0.417 bits per heavy atom. The summed E-state index contributed by atoms with van der Waals surface area (Å²) in [7, 11) is -6.80. The SMILES string of the molecule is CCO[Si](CCCOCCC(F)(F)C(F)(F)C(F)(F)C(F)(F)C(F)(F)C(F)(F)OCCC[Si](OCC)(OCC)OCC)(OCC)OCC. The van der Waals surface area contributed by atoms with Crippen molar-refractivity contribution in [1.82, 2.24) is 0 Å². The van der Waals surface area contributed by atoms with Crippen molar-refractivity contribution in [3.63, 3.8) is 0 Å². The van der Waals surface area contributed by atoms with Crippen LogP contribution in [-0.2, 0) is 36.0 Å². The Balaban J connectivity index is 5.60. The van der Waals surface area contributed by atoms with Crippen molar-refractivity contribution in [2.45, 2.75) is 109 Å². The zero-order valence-corrected chi connectivity index (χ0v) is 29.7. The van der Waals surface area contributed by atoms with Crippen LogP contribution in [-0.4, -0.2) is 113 Å². The van der Waals surface area contributed by atoms with Gasteiger partial charge in [-0.15, -0.1) is 0 Å². The first-order chi connectivity index (χ1) is 22.0. The molecule has 0 aromatic carbocycles. The second-order valence-corrected chi connectivity index (χ2v) is 15.4. The molecular weight excluding hydrogens is 724 g/mol. The summed E-state index contributed by atoms with van der Waals surface area (Å²) in [4.78, 5) is 0. The molecule has 0 radical (unpaired) electrons. The van der Waals surface area contributed by atoms with Crippen LogP contribution in [0.2, 0.25) is 12.1 Å². The quantitative estimate of drug-likeness (QED) is 0.0430. The van der Waals surface area contributed by atoms with Gasteiger partial charge in [-0.05, 0) is 54.4 Å². The van der Waals surface area contributed by atoms with Crippen LogP contribution < -0.4 is 0 Å². The van der Waals surface area contributed by atoms with E-state index in [0.29, 0.717) is 0 Å². The molecule has 0 aromatic heterocycles. The molecule has 290 valence electrons. The van der Waals surface area contributed by atoms with Gasteiger partial charge in [-0.25, -0.2) is 0 Å². The molecule has 0 N–H and O–H groups in total. The fourth-order valence-electron chi connectivity index (χ4n) is 4.24. The molecule has 0 amide bonds. The number of hydrogen-bond donors (Lipinski definition) is 0. The van der Waals surface area contributed by atoms with E-state index in [2.05, 4.69) is 4.74 Å². The van der Waals surface area contributed by atoms with Gasteiger partial charge in [0.1, 0.15) is 0 Å². The van der Waals surface area contributed by atoms with E-state index in [4.69, 9.17) is 31.3 Å². The first-order valence-corrected chi connectivity index (χ1v) is 19.2. The largest absolute Gasteiger partial charge is 0.501 e. The number of hydrogen-bond acceptors (Lipinski definition) is 8. The molecule has 0 aliphatic rings. The van der Waals surface area contributed by atoms with Crippen LogP contribution in [0.25, 0.3) is 0 Å². The van der Waals surface area contributed by atoms with Crippen LogP contribution in [0.5, 0.6) is 0 Å². The maximum atomic E-state index is 14.3. The van der Waals surface area contributed by atoms with Crippen molar-refractivity contribution in [3.8, 4) is 0 Å². The highest BCUT2D eigenvalue weighted by atomic mass is 28.4. The number of rotatable bonds is 29. The number of ether oxygens (including phenoxy) is 2. The van der Waals surface area contributed by atoms with Gasteiger partial charge in [0.25, 0.3) is 0 Å². The van der Waals surface area contributed by atoms with Crippen LogP contribution in [0, 0.1) is 0 Å². The van der Waals surface area contributed by atoms with E-state index < -0.39 is 86.0 Å². The average Bonchev–Trinajstić information content (AvgIpc) is 2.97. The predicted octanol–water partition coefficient (Wildman–Crippen LogP) is 8.06. The maximum Gasteiger partial charge on any atom is 0.501 e. The van der Waals surface area contributed by atoms with E-state index >= 15 is 0 Å². The van der Waals surface area contributed by atoms with E-state index in [-0.39, 0.29) is 58.2 Å². The maximum absolute atomic E-state index is 14.3. The minimum absolute atomic E-state index is 0.00699. The smallest absolute Gasteiger partial charge is 0.381 e. The van der Waals surface area contributed by atoms with Crippen molar-refractivity contribution in [3.05, 3.63) is 0 Å². The lowest BCUT2D eigenvalue weighted by Crippen LogP contribution is -2.71. The molecule has 0 unspecified atom stereocenters. The summed E-state index contributed by atoms with van der Waals surface area (Å²) in [5.74, 6) is -36.2. The Morgan fingerprint density at radius 3 is 1.10 bits per heavy atom. The topological polar surface area (TPSA) is 73.8 Å². The summed E-state index contributed by atoms with van der Waals surface area (Å²) in [5.41, 5.74) is 0. The number of alkyl halides is 12. The molecule has 0 aromatic rings. The van der Waals surface area contributed by atoms with Gasteiger partial charge < -0.3 is 36.0 Å². The summed E-state index contributed by atoms with van der Waals surface area (Å²) < 4.78 is 212. The molecule has 0 heterocycles. The van der Waals surface area contributed by atoms with Gasteiger partial charge in [0.2, 0.25) is 0 Å². The van der Waals surface area contributed by atoms with E-state index in [1.807, 2.05) is 0 Å². The Bertz CT molecular complexity index is 873. The molecule has 0 atom stereocenters. The second-order valence-electron chi connectivity index (χ2n) is 9.90. The molecule has 0 aliphatic carbocycles. The molecule has 0 fully saturated rings. The Hall–Kier alpha value is -0.726. The summed E-state index contributed by atoms with van der Waals surface area (Å²) in [5, 5.41) is 0. The molecule has 0 saturated heterocycles. The molecule has 22 heteroatoms. The van der Waals surface area contributed by atoms with Gasteiger partial charge in [-0.2, -0.15) is 52.7 Å². The first kappa shape index (κ1) is 47.3. The summed E-state index contributed by atoms with van der Waals surface area (Å²) >= 11 is 0. The molecule has 8 nitrogen and oxygen atoms in total. The van der Waals surface area contributed by atoms with E-state index in [1.165, 1.54) is 20.8 Å². The number of halogens is 12. The van der Waals surface area contributed by atoms with E-state index in [0.717, 1.165) is 0 Å². The Morgan fingerprint density at radius 2 is 0.750 bits per heavy atom. The van der Waals surface area contributed by atoms with Crippen LogP contribution in [0.1, 0.15) is 60.8 Å². The lowest BCUT2D eigenvalue weighted by molar-refractivity contribution is -0.457. The zero-order valence-electron chi connectivity index (χ0n) is 27.7. The van der Waals surface area contributed by atoms with Crippen molar-refractivity contribution >= 4 is 17.6 Å². The van der Waals surface area contributed by atoms with Crippen LogP contribution in [0.15, 0.2) is 0 Å². The minimum Gasteiger partial charge on any atom is -0.381 e. The van der Waals surface area contributed by atoms with Gasteiger partial charge in [0, 0.05) is 64.8 Å². The highest BCUT2D eigenvalue weighted by Gasteiger charge is 2.90. The lowest BCUT2D eigenvalue weighted by atomic mass is 9.92. The summed E-state index contributed by atoms with van der Waals surface area (Å²) in [6, 6.07) is -0.309. The van der Waals surface area contributed by atoms with Crippen molar-refractivity contribution in [2.75, 3.05) is 59.5 Å². The van der Waals surface area contributed by atoms with Crippen molar-refractivity contribution < 1.29 is 88.7 Å². The highest BCUT2D eigenvalue weighted by Crippen LogP contribution is 2.60.